The van der Waals surface area contributed by atoms with Crippen molar-refractivity contribution in [2.75, 3.05) is 0 Å². The molecule has 0 unspecified atom stereocenters. The average molecular weight is 122 g/mol. The van der Waals surface area contributed by atoms with Gasteiger partial charge in [0.1, 0.15) is 0 Å². The summed E-state index contributed by atoms with van der Waals surface area (Å²) in [6, 6.07) is 0. The Kier molecular flexibility index (Phi) is 2.56. The second-order valence-electron chi connectivity index (χ2n) is 2.48. The van der Waals surface area contributed by atoms with Crippen LogP contribution in [0.4, 0.5) is 0 Å². The molecule has 0 bridgehead atoms. The first-order valence-corrected chi connectivity index (χ1v) is 3.76. The minimum Gasteiger partial charge on any atom is -0.0879 e. The Labute approximate surface area is 57.3 Å². The van der Waals surface area contributed by atoms with Crippen molar-refractivity contribution in [1.82, 2.24) is 0 Å². The van der Waals surface area contributed by atoms with Crippen LogP contribution in [0.15, 0.2) is 23.8 Å². The Hall–Kier alpha value is -0.520. The molecule has 0 spiro atoms. The summed E-state index contributed by atoms with van der Waals surface area (Å²) < 4.78 is 0. The Morgan fingerprint density at radius 2 is 2.44 bits per heavy atom. The number of rotatable bonds is 1. The van der Waals surface area contributed by atoms with E-state index >= 15 is 0 Å². The fourth-order valence-electron chi connectivity index (χ4n) is 1.20. The first-order chi connectivity index (χ1) is 4.43. The molecule has 0 heterocycles. The van der Waals surface area contributed by atoms with E-state index in [4.69, 9.17) is 0 Å². The summed E-state index contributed by atoms with van der Waals surface area (Å²) in [5, 5.41) is 0. The van der Waals surface area contributed by atoms with Crippen LogP contribution in [-0.4, -0.2) is 0 Å². The van der Waals surface area contributed by atoms with Crippen LogP contribution in [0.25, 0.3) is 0 Å². The van der Waals surface area contributed by atoms with E-state index in [2.05, 4.69) is 25.2 Å². The van der Waals surface area contributed by atoms with Gasteiger partial charge in [-0.05, 0) is 25.7 Å². The van der Waals surface area contributed by atoms with Gasteiger partial charge < -0.3 is 0 Å². The lowest BCUT2D eigenvalue weighted by atomic mass is 10.0. The summed E-state index contributed by atoms with van der Waals surface area (Å²) in [7, 11) is 0. The zero-order chi connectivity index (χ0) is 6.53. The van der Waals surface area contributed by atoms with E-state index in [1.807, 2.05) is 0 Å². The monoisotopic (exact) mass is 122 g/mol. The van der Waals surface area contributed by atoms with Crippen LogP contribution in [0.1, 0.15) is 32.6 Å². The molecule has 0 radical (unpaired) electrons. The van der Waals surface area contributed by atoms with Gasteiger partial charge in [0, 0.05) is 0 Å². The Morgan fingerprint density at radius 3 is 3.00 bits per heavy atom. The second-order valence-corrected chi connectivity index (χ2v) is 2.48. The van der Waals surface area contributed by atoms with E-state index in [9.17, 15) is 0 Å². The molecule has 1 rings (SSSR count). The van der Waals surface area contributed by atoms with Gasteiger partial charge in [0.2, 0.25) is 0 Å². The fourth-order valence-corrected chi connectivity index (χ4v) is 1.20. The molecule has 0 amide bonds. The molecular formula is C9H14. The highest BCUT2D eigenvalue weighted by Gasteiger charge is 1.96. The van der Waals surface area contributed by atoms with Gasteiger partial charge in [-0.15, -0.1) is 0 Å². The van der Waals surface area contributed by atoms with E-state index in [1.165, 1.54) is 25.7 Å². The molecule has 0 aliphatic heterocycles. The average Bonchev–Trinajstić information content (AvgIpc) is 1.91. The fraction of sp³-hybridized carbons (Fsp3) is 0.556. The summed E-state index contributed by atoms with van der Waals surface area (Å²) in [6.07, 6.45) is 11.8. The van der Waals surface area contributed by atoms with Crippen molar-refractivity contribution < 1.29 is 0 Å². The molecule has 0 saturated carbocycles. The summed E-state index contributed by atoms with van der Waals surface area (Å²) in [5.74, 6) is 0. The van der Waals surface area contributed by atoms with Crippen molar-refractivity contribution in [2.24, 2.45) is 0 Å². The SMILES string of the molecule is CC/C=C1\CC=CCC1. The van der Waals surface area contributed by atoms with Crippen molar-refractivity contribution >= 4 is 0 Å². The maximum absolute atomic E-state index is 2.35. The van der Waals surface area contributed by atoms with Crippen LogP contribution in [0.5, 0.6) is 0 Å². The molecule has 0 N–H and O–H groups in total. The molecule has 0 aromatic carbocycles. The second kappa shape index (κ2) is 3.49. The van der Waals surface area contributed by atoms with Crippen molar-refractivity contribution in [3.63, 3.8) is 0 Å². The number of allylic oxidation sites excluding steroid dienone is 4. The molecule has 0 fully saturated rings. The summed E-state index contributed by atoms with van der Waals surface area (Å²) >= 11 is 0. The smallest absolute Gasteiger partial charge is 0.0139 e. The minimum atomic E-state index is 1.20. The molecule has 0 saturated heterocycles. The highest BCUT2D eigenvalue weighted by atomic mass is 14.0. The maximum atomic E-state index is 2.35. The quantitative estimate of drug-likeness (QED) is 0.469. The molecule has 0 aromatic rings. The van der Waals surface area contributed by atoms with Crippen LogP contribution in [0.3, 0.4) is 0 Å². The summed E-state index contributed by atoms with van der Waals surface area (Å²) in [6.45, 7) is 2.20. The summed E-state index contributed by atoms with van der Waals surface area (Å²) in [4.78, 5) is 0. The lowest BCUT2D eigenvalue weighted by Gasteiger charge is -2.06. The Balaban J connectivity index is 2.43. The van der Waals surface area contributed by atoms with Gasteiger partial charge >= 0.3 is 0 Å². The topological polar surface area (TPSA) is 0 Å². The van der Waals surface area contributed by atoms with Crippen LogP contribution in [0.2, 0.25) is 0 Å². The number of hydrogen-bond donors (Lipinski definition) is 0. The van der Waals surface area contributed by atoms with Crippen LogP contribution >= 0.6 is 0 Å². The molecule has 0 atom stereocenters. The molecular weight excluding hydrogens is 108 g/mol. The third kappa shape index (κ3) is 2.05. The van der Waals surface area contributed by atoms with E-state index in [-0.39, 0.29) is 0 Å². The highest BCUT2D eigenvalue weighted by molar-refractivity contribution is 5.12. The van der Waals surface area contributed by atoms with Crippen molar-refractivity contribution in [2.45, 2.75) is 32.6 Å². The third-order valence-electron chi connectivity index (χ3n) is 1.67. The standard InChI is InChI=1S/C9H14/c1-2-6-9-7-4-3-5-8-9/h3-4,6H,2,5,7-8H2,1H3/b9-6+. The van der Waals surface area contributed by atoms with Crippen LogP contribution < -0.4 is 0 Å². The molecule has 0 nitrogen and oxygen atoms in total. The molecule has 0 aromatic heterocycles. The van der Waals surface area contributed by atoms with E-state index in [0.29, 0.717) is 0 Å². The molecule has 0 heteroatoms. The maximum Gasteiger partial charge on any atom is -0.0139 e. The first-order valence-electron chi connectivity index (χ1n) is 3.76. The van der Waals surface area contributed by atoms with Gasteiger partial charge in [0.25, 0.3) is 0 Å². The predicted octanol–water partition coefficient (Wildman–Crippen LogP) is 3.06. The highest BCUT2D eigenvalue weighted by Crippen LogP contribution is 2.16. The largest absolute Gasteiger partial charge is 0.0879 e. The zero-order valence-corrected chi connectivity index (χ0v) is 6.06. The van der Waals surface area contributed by atoms with Gasteiger partial charge in [-0.25, -0.2) is 0 Å². The van der Waals surface area contributed by atoms with Crippen LogP contribution in [0, 0.1) is 0 Å². The van der Waals surface area contributed by atoms with E-state index in [0.717, 1.165) is 0 Å². The normalized spacial score (nSPS) is 23.0. The Morgan fingerprint density at radius 1 is 1.56 bits per heavy atom. The van der Waals surface area contributed by atoms with Gasteiger partial charge in [-0.2, -0.15) is 0 Å². The molecule has 1 aliphatic carbocycles. The van der Waals surface area contributed by atoms with Crippen molar-refractivity contribution in [3.05, 3.63) is 23.8 Å². The van der Waals surface area contributed by atoms with Gasteiger partial charge in [-0.1, -0.05) is 30.7 Å². The minimum absolute atomic E-state index is 1.20. The lowest BCUT2D eigenvalue weighted by molar-refractivity contribution is 0.887. The van der Waals surface area contributed by atoms with Crippen molar-refractivity contribution in [3.8, 4) is 0 Å². The van der Waals surface area contributed by atoms with E-state index in [1.54, 1.807) is 5.57 Å². The van der Waals surface area contributed by atoms with Gasteiger partial charge in [0.05, 0.1) is 0 Å². The number of hydrogen-bond acceptors (Lipinski definition) is 0. The first kappa shape index (κ1) is 6.60. The molecule has 1 aliphatic rings. The third-order valence-corrected chi connectivity index (χ3v) is 1.67. The van der Waals surface area contributed by atoms with Crippen LogP contribution in [-0.2, 0) is 0 Å². The summed E-state index contributed by atoms with van der Waals surface area (Å²) in [5.41, 5.74) is 1.63. The lowest BCUT2D eigenvalue weighted by Crippen LogP contribution is -1.86. The Bertz CT molecular complexity index is 129. The molecule has 9 heavy (non-hydrogen) atoms. The van der Waals surface area contributed by atoms with Gasteiger partial charge in [-0.3, -0.25) is 0 Å². The van der Waals surface area contributed by atoms with Crippen molar-refractivity contribution in [1.29, 1.82) is 0 Å². The molecule has 50 valence electrons. The predicted molar refractivity (Wildman–Crippen MR) is 41.4 cm³/mol. The zero-order valence-electron chi connectivity index (χ0n) is 6.06. The van der Waals surface area contributed by atoms with Gasteiger partial charge in [0.15, 0.2) is 0 Å². The van der Waals surface area contributed by atoms with E-state index < -0.39 is 0 Å².